The van der Waals surface area contributed by atoms with Gasteiger partial charge in [-0.25, -0.2) is 0 Å². The van der Waals surface area contributed by atoms with Gasteiger partial charge in [-0.3, -0.25) is 4.98 Å². The number of nitrogen functional groups attached to an aromatic ring is 1. The quantitative estimate of drug-likeness (QED) is 0.549. The van der Waals surface area contributed by atoms with Gasteiger partial charge in [0, 0.05) is 28.6 Å². The Bertz CT molecular complexity index is 1020. The molecule has 10 heteroatoms. The van der Waals surface area contributed by atoms with E-state index in [2.05, 4.69) is 14.5 Å². The topological polar surface area (TPSA) is 57.4 Å². The van der Waals surface area contributed by atoms with Crippen molar-refractivity contribution in [3.8, 4) is 33.9 Å². The molecule has 2 aromatic carbocycles. The van der Waals surface area contributed by atoms with Crippen molar-refractivity contribution >= 4 is 5.69 Å². The molecule has 0 amide bonds. The molecular weight excluding hydrogens is 402 g/mol. The maximum Gasteiger partial charge on any atom is 0.573 e. The van der Waals surface area contributed by atoms with Crippen LogP contribution in [-0.2, 0) is 0 Å². The predicted molar refractivity (Wildman–Crippen MR) is 92.9 cm³/mol. The number of ether oxygens (including phenoxy) is 2. The molecule has 152 valence electrons. The van der Waals surface area contributed by atoms with Crippen LogP contribution in [0.5, 0.6) is 11.5 Å². The zero-order valence-electron chi connectivity index (χ0n) is 14.4. The smallest absolute Gasteiger partial charge is 0.405 e. The lowest BCUT2D eigenvalue weighted by Gasteiger charge is -2.16. The lowest BCUT2D eigenvalue weighted by Crippen LogP contribution is -2.18. The Morgan fingerprint density at radius 2 is 1.17 bits per heavy atom. The Hall–Kier alpha value is -3.43. The van der Waals surface area contributed by atoms with Crippen molar-refractivity contribution in [2.75, 3.05) is 5.73 Å². The molecule has 29 heavy (non-hydrogen) atoms. The summed E-state index contributed by atoms with van der Waals surface area (Å²) in [5, 5.41) is 0. The van der Waals surface area contributed by atoms with Gasteiger partial charge < -0.3 is 15.2 Å². The average molecular weight is 414 g/mol. The minimum Gasteiger partial charge on any atom is -0.405 e. The lowest BCUT2D eigenvalue weighted by molar-refractivity contribution is -0.275. The zero-order valence-corrected chi connectivity index (χ0v) is 14.4. The number of nitrogens with two attached hydrogens (primary N) is 1. The SMILES string of the molecule is Nc1cc(-c2ccccc2OC(F)(F)F)ncc1-c1ccccc1OC(F)(F)F. The molecule has 0 aliphatic rings. The van der Waals surface area contributed by atoms with E-state index in [1.807, 2.05) is 0 Å². The number of nitrogens with zero attached hydrogens (tertiary/aromatic N) is 1. The number of para-hydroxylation sites is 2. The third-order valence-electron chi connectivity index (χ3n) is 3.73. The van der Waals surface area contributed by atoms with Crippen LogP contribution >= 0.6 is 0 Å². The fraction of sp³-hybridized carbons (Fsp3) is 0.105. The molecule has 0 saturated heterocycles. The van der Waals surface area contributed by atoms with Crippen LogP contribution in [0.2, 0.25) is 0 Å². The maximum atomic E-state index is 12.6. The molecule has 0 spiro atoms. The first-order valence-electron chi connectivity index (χ1n) is 7.99. The van der Waals surface area contributed by atoms with Gasteiger partial charge in [0.1, 0.15) is 11.5 Å². The first-order chi connectivity index (χ1) is 13.5. The van der Waals surface area contributed by atoms with Crippen LogP contribution in [-0.4, -0.2) is 17.7 Å². The minimum absolute atomic E-state index is 0.00460. The van der Waals surface area contributed by atoms with Crippen molar-refractivity contribution in [1.82, 2.24) is 4.98 Å². The van der Waals surface area contributed by atoms with Gasteiger partial charge in [0.05, 0.1) is 5.69 Å². The van der Waals surface area contributed by atoms with Gasteiger partial charge in [-0.05, 0) is 24.3 Å². The molecular formula is C19H12F6N2O2. The molecule has 0 bridgehead atoms. The van der Waals surface area contributed by atoms with E-state index in [-0.39, 0.29) is 28.1 Å². The summed E-state index contributed by atoms with van der Waals surface area (Å²) in [7, 11) is 0. The lowest BCUT2D eigenvalue weighted by atomic mass is 10.0. The second-order valence-electron chi connectivity index (χ2n) is 5.74. The highest BCUT2D eigenvalue weighted by atomic mass is 19.4. The number of alkyl halides is 6. The van der Waals surface area contributed by atoms with E-state index in [0.717, 1.165) is 18.3 Å². The van der Waals surface area contributed by atoms with Crippen LogP contribution < -0.4 is 15.2 Å². The van der Waals surface area contributed by atoms with Crippen molar-refractivity contribution in [2.24, 2.45) is 0 Å². The van der Waals surface area contributed by atoms with Crippen LogP contribution in [0.25, 0.3) is 22.4 Å². The fourth-order valence-electron chi connectivity index (χ4n) is 2.64. The number of hydrogen-bond acceptors (Lipinski definition) is 4. The summed E-state index contributed by atoms with van der Waals surface area (Å²) in [6.45, 7) is 0. The van der Waals surface area contributed by atoms with E-state index in [0.29, 0.717) is 0 Å². The van der Waals surface area contributed by atoms with Crippen molar-refractivity contribution in [2.45, 2.75) is 12.7 Å². The van der Waals surface area contributed by atoms with Crippen LogP contribution in [0.3, 0.4) is 0 Å². The molecule has 1 aromatic heterocycles. The van der Waals surface area contributed by atoms with E-state index in [1.165, 1.54) is 42.5 Å². The fourth-order valence-corrected chi connectivity index (χ4v) is 2.64. The van der Waals surface area contributed by atoms with Crippen LogP contribution in [0, 0.1) is 0 Å². The second-order valence-corrected chi connectivity index (χ2v) is 5.74. The Morgan fingerprint density at radius 3 is 1.69 bits per heavy atom. The first kappa shape index (κ1) is 20.3. The molecule has 1 heterocycles. The number of pyridine rings is 1. The van der Waals surface area contributed by atoms with Gasteiger partial charge in [-0.15, -0.1) is 26.3 Å². The summed E-state index contributed by atoms with van der Waals surface area (Å²) in [6, 6.07) is 11.9. The van der Waals surface area contributed by atoms with E-state index in [4.69, 9.17) is 5.73 Å². The van der Waals surface area contributed by atoms with Crippen molar-refractivity contribution in [3.05, 3.63) is 60.8 Å². The van der Waals surface area contributed by atoms with Crippen LogP contribution in [0.15, 0.2) is 60.8 Å². The molecule has 0 saturated carbocycles. The van der Waals surface area contributed by atoms with E-state index in [9.17, 15) is 26.3 Å². The number of halogens is 6. The number of benzene rings is 2. The molecule has 0 fully saturated rings. The van der Waals surface area contributed by atoms with Crippen molar-refractivity contribution in [1.29, 1.82) is 0 Å². The molecule has 0 unspecified atom stereocenters. The largest absolute Gasteiger partial charge is 0.573 e. The van der Waals surface area contributed by atoms with E-state index >= 15 is 0 Å². The second kappa shape index (κ2) is 7.53. The molecule has 0 radical (unpaired) electrons. The highest BCUT2D eigenvalue weighted by molar-refractivity contribution is 5.83. The number of aromatic nitrogens is 1. The summed E-state index contributed by atoms with van der Waals surface area (Å²) in [6.07, 6.45) is -8.66. The van der Waals surface area contributed by atoms with Crippen molar-refractivity contribution in [3.63, 3.8) is 0 Å². The summed E-state index contributed by atoms with van der Waals surface area (Å²) < 4.78 is 83.7. The predicted octanol–water partition coefficient (Wildman–Crippen LogP) is 5.80. The van der Waals surface area contributed by atoms with Crippen LogP contribution in [0.1, 0.15) is 0 Å². The zero-order chi connectivity index (χ0) is 21.2. The maximum absolute atomic E-state index is 12.6. The number of hydrogen-bond donors (Lipinski definition) is 1. The Balaban J connectivity index is 2.02. The van der Waals surface area contributed by atoms with Gasteiger partial charge in [0.25, 0.3) is 0 Å². The molecule has 0 aliphatic carbocycles. The molecule has 3 aromatic rings. The molecule has 0 atom stereocenters. The average Bonchev–Trinajstić information content (AvgIpc) is 2.60. The summed E-state index contributed by atoms with van der Waals surface area (Å²) in [4.78, 5) is 4.05. The summed E-state index contributed by atoms with van der Waals surface area (Å²) in [5.74, 6) is -0.970. The summed E-state index contributed by atoms with van der Waals surface area (Å²) in [5.41, 5.74) is 6.19. The van der Waals surface area contributed by atoms with Crippen LogP contribution in [0.4, 0.5) is 32.0 Å². The van der Waals surface area contributed by atoms with E-state index in [1.54, 1.807) is 0 Å². The normalized spacial score (nSPS) is 11.9. The molecule has 2 N–H and O–H groups in total. The first-order valence-corrected chi connectivity index (χ1v) is 7.99. The Kier molecular flexibility index (Phi) is 5.27. The standard InChI is InChI=1S/C19H12F6N2O2/c20-18(21,22)28-16-7-3-1-5-11(16)13-10-27-15(9-14(13)26)12-6-2-4-8-17(12)29-19(23,24)25/h1-10H,(H2,26,27). The summed E-state index contributed by atoms with van der Waals surface area (Å²) >= 11 is 0. The van der Waals surface area contributed by atoms with Gasteiger partial charge in [-0.1, -0.05) is 30.3 Å². The monoisotopic (exact) mass is 414 g/mol. The van der Waals surface area contributed by atoms with Gasteiger partial charge in [0.15, 0.2) is 0 Å². The molecule has 0 aliphatic heterocycles. The minimum atomic E-state index is -4.91. The molecule has 4 nitrogen and oxygen atoms in total. The Morgan fingerprint density at radius 1 is 0.690 bits per heavy atom. The highest BCUT2D eigenvalue weighted by Gasteiger charge is 2.33. The van der Waals surface area contributed by atoms with Gasteiger partial charge >= 0.3 is 12.7 Å². The number of rotatable bonds is 4. The van der Waals surface area contributed by atoms with E-state index < -0.39 is 24.2 Å². The van der Waals surface area contributed by atoms with Crippen molar-refractivity contribution < 1.29 is 35.8 Å². The van der Waals surface area contributed by atoms with Gasteiger partial charge in [-0.2, -0.15) is 0 Å². The van der Waals surface area contributed by atoms with Gasteiger partial charge in [0.2, 0.25) is 0 Å². The third kappa shape index (κ3) is 5.09. The third-order valence-corrected chi connectivity index (χ3v) is 3.73. The number of anilines is 1. The molecule has 3 rings (SSSR count). The highest BCUT2D eigenvalue weighted by Crippen LogP contribution is 2.39. The Labute approximate surface area is 160 Å².